The van der Waals surface area contributed by atoms with Gasteiger partial charge >= 0.3 is 11.9 Å². The summed E-state index contributed by atoms with van der Waals surface area (Å²) in [5.41, 5.74) is 1.99. The number of hydrogen-bond acceptors (Lipinski definition) is 6. The van der Waals surface area contributed by atoms with Gasteiger partial charge in [-0.25, -0.2) is 9.78 Å². The minimum absolute atomic E-state index is 0.198. The van der Waals surface area contributed by atoms with Crippen molar-refractivity contribution in [3.05, 3.63) is 53.6 Å². The fourth-order valence-corrected chi connectivity index (χ4v) is 3.48. The van der Waals surface area contributed by atoms with E-state index in [1.54, 1.807) is 36.8 Å². The molecule has 3 rings (SSSR count). The van der Waals surface area contributed by atoms with Crippen molar-refractivity contribution in [2.75, 3.05) is 0 Å². The van der Waals surface area contributed by atoms with Crippen LogP contribution in [0.25, 0.3) is 0 Å². The lowest BCUT2D eigenvalue weighted by molar-refractivity contribution is -0.140. The lowest BCUT2D eigenvalue weighted by atomic mass is 10.0. The van der Waals surface area contributed by atoms with Crippen LogP contribution in [0.5, 0.6) is 0 Å². The molecule has 1 aliphatic rings. The Morgan fingerprint density at radius 2 is 1.90 bits per heavy atom. The molecule has 0 amide bonds. The molecule has 1 aliphatic heterocycles. The van der Waals surface area contributed by atoms with Crippen molar-refractivity contribution in [1.29, 1.82) is 0 Å². The number of ether oxygens (including phenoxy) is 1. The summed E-state index contributed by atoms with van der Waals surface area (Å²) in [6.07, 6.45) is 2.88. The summed E-state index contributed by atoms with van der Waals surface area (Å²) >= 11 is 0. The van der Waals surface area contributed by atoms with Gasteiger partial charge in [-0.05, 0) is 30.0 Å². The first-order valence-electron chi connectivity index (χ1n) is 9.88. The molecule has 1 aromatic heterocycles. The minimum atomic E-state index is -0.976. The second-order valence-electron chi connectivity index (χ2n) is 8.00. The number of imidazole rings is 1. The number of aromatic nitrogens is 2. The summed E-state index contributed by atoms with van der Waals surface area (Å²) in [6, 6.07) is 5.47. The third kappa shape index (κ3) is 5.65. The van der Waals surface area contributed by atoms with Gasteiger partial charge in [-0.1, -0.05) is 26.0 Å². The van der Waals surface area contributed by atoms with E-state index < -0.39 is 30.4 Å². The van der Waals surface area contributed by atoms with Crippen LogP contribution < -0.4 is 5.32 Å². The molecule has 9 nitrogen and oxygen atoms in total. The summed E-state index contributed by atoms with van der Waals surface area (Å²) in [6.45, 7) is 4.41. The van der Waals surface area contributed by atoms with E-state index in [1.165, 1.54) is 0 Å². The molecule has 2 heterocycles. The van der Waals surface area contributed by atoms with Crippen LogP contribution >= 0.6 is 0 Å². The van der Waals surface area contributed by atoms with Gasteiger partial charge in [-0.15, -0.1) is 0 Å². The highest BCUT2D eigenvalue weighted by atomic mass is 16.7. The molecule has 1 fully saturated rings. The summed E-state index contributed by atoms with van der Waals surface area (Å²) in [5, 5.41) is 31.5. The first-order valence-corrected chi connectivity index (χ1v) is 9.88. The van der Waals surface area contributed by atoms with Crippen LogP contribution in [0.1, 0.15) is 41.9 Å². The smallest absolute Gasteiger partial charge is 0.335 e. The number of nitrogens with zero attached hydrogens (tertiary/aromatic N) is 2. The number of carbonyl (C=O) groups is 2. The highest BCUT2D eigenvalue weighted by Crippen LogP contribution is 2.26. The number of hydrogen-bond donors (Lipinski definition) is 4. The van der Waals surface area contributed by atoms with Gasteiger partial charge in [-0.2, -0.15) is 0 Å². The number of epoxide rings is 1. The Balaban J connectivity index is 1.72. The van der Waals surface area contributed by atoms with E-state index in [-0.39, 0.29) is 17.5 Å². The Morgan fingerprint density at radius 1 is 1.23 bits per heavy atom. The normalized spacial score (nSPS) is 20.1. The molecule has 0 bridgehead atoms. The van der Waals surface area contributed by atoms with E-state index in [1.807, 2.05) is 18.4 Å². The number of aromatic carboxylic acids is 1. The minimum Gasteiger partial charge on any atom is -0.480 e. The molecule has 3 unspecified atom stereocenters. The van der Waals surface area contributed by atoms with E-state index in [2.05, 4.69) is 10.3 Å². The Hall–Kier alpha value is -2.75. The van der Waals surface area contributed by atoms with Crippen LogP contribution in [0.3, 0.4) is 0 Å². The quantitative estimate of drug-likeness (QED) is 0.402. The Bertz CT molecular complexity index is 879. The number of aliphatic hydroxyl groups is 1. The number of aliphatic hydroxyl groups excluding tert-OH is 1. The van der Waals surface area contributed by atoms with Gasteiger partial charge in [0.2, 0.25) is 0 Å². The van der Waals surface area contributed by atoms with Crippen molar-refractivity contribution in [3.8, 4) is 0 Å². The molecule has 1 aromatic carbocycles. The van der Waals surface area contributed by atoms with Crippen molar-refractivity contribution in [2.24, 2.45) is 5.92 Å². The van der Waals surface area contributed by atoms with Crippen LogP contribution in [0.15, 0.2) is 36.8 Å². The van der Waals surface area contributed by atoms with Crippen LogP contribution in [-0.4, -0.2) is 61.3 Å². The zero-order chi connectivity index (χ0) is 21.8. The van der Waals surface area contributed by atoms with Crippen LogP contribution in [0.4, 0.5) is 0 Å². The zero-order valence-electron chi connectivity index (χ0n) is 16.9. The third-order valence-corrected chi connectivity index (χ3v) is 5.10. The molecule has 0 radical (unpaired) electrons. The largest absolute Gasteiger partial charge is 0.480 e. The maximum absolute atomic E-state index is 11.7. The number of aliphatic carboxylic acids is 1. The summed E-state index contributed by atoms with van der Waals surface area (Å²) in [5.74, 6) is -1.71. The Morgan fingerprint density at radius 3 is 2.43 bits per heavy atom. The average molecular weight is 417 g/mol. The highest BCUT2D eigenvalue weighted by molar-refractivity contribution is 5.87. The molecular formula is C21H27N3O6. The zero-order valence-corrected chi connectivity index (χ0v) is 16.9. The first-order chi connectivity index (χ1) is 14.2. The predicted octanol–water partition coefficient (Wildman–Crippen LogP) is 1.35. The van der Waals surface area contributed by atoms with Crippen LogP contribution in [0, 0.1) is 5.92 Å². The number of nitrogens with one attached hydrogen (secondary N) is 1. The average Bonchev–Trinajstić information content (AvgIpc) is 3.25. The second-order valence-corrected chi connectivity index (χ2v) is 8.00. The van der Waals surface area contributed by atoms with Gasteiger partial charge in [0.1, 0.15) is 12.1 Å². The van der Waals surface area contributed by atoms with E-state index in [0.717, 1.165) is 11.3 Å². The fraction of sp³-hybridized carbons (Fsp3) is 0.476. The lowest BCUT2D eigenvalue weighted by Gasteiger charge is -2.23. The number of benzene rings is 1. The summed E-state index contributed by atoms with van der Waals surface area (Å²) in [4.78, 5) is 26.9. The standard InChI is InChI=1S/C21H27N3O6/c1-12(2)7-17(20(27)28)23-16(18-21(29)30-18)8-15-9-22-11-24(15)10-13-3-5-14(6-4-13)19(25)26/h3-6,9,11-12,16-18,21,23,29H,7-8,10H2,1-2H3,(H,25,26)(H,27,28)/t16-,17?,18?,21?/m0/s1. The van der Waals surface area contributed by atoms with Crippen molar-refractivity contribution >= 4 is 11.9 Å². The maximum Gasteiger partial charge on any atom is 0.335 e. The van der Waals surface area contributed by atoms with Crippen molar-refractivity contribution in [2.45, 2.75) is 57.7 Å². The number of carboxylic acids is 2. The fourth-order valence-electron chi connectivity index (χ4n) is 3.48. The van der Waals surface area contributed by atoms with E-state index in [0.29, 0.717) is 19.4 Å². The van der Waals surface area contributed by atoms with Crippen molar-refractivity contribution < 1.29 is 29.6 Å². The molecule has 2 aromatic rings. The molecule has 0 aliphatic carbocycles. The summed E-state index contributed by atoms with van der Waals surface area (Å²) < 4.78 is 7.14. The number of rotatable bonds is 11. The molecule has 9 heteroatoms. The predicted molar refractivity (Wildman–Crippen MR) is 107 cm³/mol. The molecule has 30 heavy (non-hydrogen) atoms. The third-order valence-electron chi connectivity index (χ3n) is 5.10. The molecule has 0 spiro atoms. The van der Waals surface area contributed by atoms with Gasteiger partial charge in [0.15, 0.2) is 6.29 Å². The molecule has 162 valence electrons. The second kappa shape index (κ2) is 9.38. The Kier molecular flexibility index (Phi) is 6.86. The van der Waals surface area contributed by atoms with Crippen LogP contribution in [0.2, 0.25) is 0 Å². The monoisotopic (exact) mass is 417 g/mol. The molecule has 0 saturated carbocycles. The van der Waals surface area contributed by atoms with E-state index >= 15 is 0 Å². The Labute approximate surface area is 174 Å². The number of carboxylic acid groups (broad SMARTS) is 2. The van der Waals surface area contributed by atoms with Crippen molar-refractivity contribution in [1.82, 2.24) is 14.9 Å². The first kappa shape index (κ1) is 21.9. The van der Waals surface area contributed by atoms with E-state index in [4.69, 9.17) is 9.84 Å². The van der Waals surface area contributed by atoms with Crippen LogP contribution in [-0.2, 0) is 22.5 Å². The molecule has 4 N–H and O–H groups in total. The van der Waals surface area contributed by atoms with E-state index in [9.17, 15) is 19.8 Å². The molecule has 1 saturated heterocycles. The lowest BCUT2D eigenvalue weighted by Crippen LogP contribution is -2.48. The SMILES string of the molecule is CC(C)CC(N[C@@H](Cc1cncn1Cc1ccc(C(=O)O)cc1)C1OC1O)C(=O)O. The van der Waals surface area contributed by atoms with Gasteiger partial charge in [0.05, 0.1) is 11.9 Å². The molecule has 4 atom stereocenters. The van der Waals surface area contributed by atoms with Gasteiger partial charge in [0, 0.05) is 30.9 Å². The van der Waals surface area contributed by atoms with Crippen molar-refractivity contribution in [3.63, 3.8) is 0 Å². The highest BCUT2D eigenvalue weighted by Gasteiger charge is 2.45. The van der Waals surface area contributed by atoms with Gasteiger partial charge < -0.3 is 24.6 Å². The van der Waals surface area contributed by atoms with Gasteiger partial charge in [-0.3, -0.25) is 10.1 Å². The summed E-state index contributed by atoms with van der Waals surface area (Å²) in [7, 11) is 0. The maximum atomic E-state index is 11.7. The topological polar surface area (TPSA) is 137 Å². The van der Waals surface area contributed by atoms with Gasteiger partial charge in [0.25, 0.3) is 0 Å². The molecular weight excluding hydrogens is 390 g/mol.